The van der Waals surface area contributed by atoms with Gasteiger partial charge in [-0.3, -0.25) is 0 Å². The van der Waals surface area contributed by atoms with Crippen LogP contribution < -0.4 is 16.0 Å². The molecule has 4 heteroatoms. The molecule has 3 atom stereocenters. The first-order valence-corrected chi connectivity index (χ1v) is 13.0. The van der Waals surface area contributed by atoms with Crippen molar-refractivity contribution in [1.29, 1.82) is 0 Å². The predicted molar refractivity (Wildman–Crippen MR) is 128 cm³/mol. The normalized spacial score (nSPS) is 29.5. The fraction of sp³-hybridized carbons (Fsp3) is 1.00. The third kappa shape index (κ3) is 6.43. The second kappa shape index (κ2) is 10.6. The van der Waals surface area contributed by atoms with Crippen molar-refractivity contribution in [3.63, 3.8) is 0 Å². The van der Waals surface area contributed by atoms with Gasteiger partial charge in [0.1, 0.15) is 0 Å². The molecule has 4 nitrogen and oxygen atoms in total. The van der Waals surface area contributed by atoms with Crippen LogP contribution in [0.5, 0.6) is 0 Å². The number of morpholine rings is 1. The Bertz CT molecular complexity index is 466. The van der Waals surface area contributed by atoms with Crippen molar-refractivity contribution in [2.45, 2.75) is 92.0 Å². The van der Waals surface area contributed by atoms with Gasteiger partial charge in [0.25, 0.3) is 0 Å². The maximum Gasteiger partial charge on any atom is 0.0625 e. The molecule has 0 saturated carbocycles. The topological polar surface area (TPSA) is 45.3 Å². The Kier molecular flexibility index (Phi) is 8.68. The van der Waals surface area contributed by atoms with Gasteiger partial charge in [-0.05, 0) is 106 Å². The summed E-state index contributed by atoms with van der Waals surface area (Å²) in [5.41, 5.74) is 1.18. The Labute approximate surface area is 187 Å². The molecule has 3 aliphatic rings. The van der Waals surface area contributed by atoms with E-state index < -0.39 is 0 Å². The highest BCUT2D eigenvalue weighted by molar-refractivity contribution is 4.93. The predicted octanol–water partition coefficient (Wildman–Crippen LogP) is 4.59. The van der Waals surface area contributed by atoms with Gasteiger partial charge in [-0.2, -0.15) is 0 Å². The van der Waals surface area contributed by atoms with E-state index in [-0.39, 0.29) is 5.41 Å². The minimum Gasteiger partial charge on any atom is -0.378 e. The van der Waals surface area contributed by atoms with E-state index in [9.17, 15) is 0 Å². The minimum atomic E-state index is 0.289. The standard InChI is InChI=1S/C26H51N3O/c1-24(2,22-7-6-14-28-19-22)10-12-26(5,21-8-15-27-16-9-21)13-11-25(3,4)23-20-30-18-17-29-23/h21-23,27-29H,6-20H2,1-5H3. The lowest BCUT2D eigenvalue weighted by Gasteiger charge is -2.46. The molecule has 0 aromatic heterocycles. The van der Waals surface area contributed by atoms with Crippen LogP contribution in [-0.2, 0) is 4.74 Å². The maximum atomic E-state index is 5.80. The molecule has 176 valence electrons. The second-order valence-corrected chi connectivity index (χ2v) is 12.3. The highest BCUT2D eigenvalue weighted by atomic mass is 16.5. The zero-order valence-corrected chi connectivity index (χ0v) is 20.7. The number of nitrogens with one attached hydrogen (secondary N) is 3. The zero-order chi connectivity index (χ0) is 21.7. The van der Waals surface area contributed by atoms with Crippen LogP contribution in [0.1, 0.15) is 86.0 Å². The lowest BCUT2D eigenvalue weighted by atomic mass is 9.61. The fourth-order valence-corrected chi connectivity index (χ4v) is 6.23. The van der Waals surface area contributed by atoms with Gasteiger partial charge in [0.2, 0.25) is 0 Å². The van der Waals surface area contributed by atoms with Crippen molar-refractivity contribution in [2.75, 3.05) is 45.9 Å². The number of rotatable bonds is 9. The van der Waals surface area contributed by atoms with Crippen LogP contribution in [0.2, 0.25) is 0 Å². The van der Waals surface area contributed by atoms with E-state index in [4.69, 9.17) is 4.74 Å². The van der Waals surface area contributed by atoms with Crippen molar-refractivity contribution in [1.82, 2.24) is 16.0 Å². The SMILES string of the molecule is CC(C)(CCC(C)(CCC(C)(C)C1COCCN1)C1CCNCC1)C1CCCNC1. The molecule has 3 rings (SSSR count). The van der Waals surface area contributed by atoms with Gasteiger partial charge >= 0.3 is 0 Å². The monoisotopic (exact) mass is 421 g/mol. The van der Waals surface area contributed by atoms with Gasteiger partial charge < -0.3 is 20.7 Å². The van der Waals surface area contributed by atoms with E-state index in [0.29, 0.717) is 16.9 Å². The molecule has 3 aliphatic heterocycles. The summed E-state index contributed by atoms with van der Waals surface area (Å²) in [5, 5.41) is 11.0. The van der Waals surface area contributed by atoms with Crippen LogP contribution in [0.15, 0.2) is 0 Å². The van der Waals surface area contributed by atoms with E-state index in [1.165, 1.54) is 77.5 Å². The first-order valence-electron chi connectivity index (χ1n) is 13.0. The number of piperidine rings is 2. The lowest BCUT2D eigenvalue weighted by Crippen LogP contribution is -2.50. The van der Waals surface area contributed by atoms with Crippen LogP contribution in [-0.4, -0.2) is 52.0 Å². The summed E-state index contributed by atoms with van der Waals surface area (Å²) in [6.07, 6.45) is 10.9. The molecule has 0 aromatic carbocycles. The molecule has 3 saturated heterocycles. The van der Waals surface area contributed by atoms with Crippen LogP contribution in [0, 0.1) is 28.1 Å². The van der Waals surface area contributed by atoms with Crippen LogP contribution in [0.4, 0.5) is 0 Å². The van der Waals surface area contributed by atoms with Gasteiger partial charge in [0.15, 0.2) is 0 Å². The third-order valence-electron chi connectivity index (χ3n) is 9.27. The van der Waals surface area contributed by atoms with Gasteiger partial charge in [-0.25, -0.2) is 0 Å². The van der Waals surface area contributed by atoms with Gasteiger partial charge in [0.05, 0.1) is 13.2 Å². The Morgan fingerprint density at radius 1 is 0.733 bits per heavy atom. The summed E-state index contributed by atoms with van der Waals surface area (Å²) in [5.74, 6) is 1.70. The summed E-state index contributed by atoms with van der Waals surface area (Å²) in [7, 11) is 0. The Morgan fingerprint density at radius 2 is 1.43 bits per heavy atom. The molecular formula is C26H51N3O. The highest BCUT2D eigenvalue weighted by Gasteiger charge is 2.40. The average molecular weight is 422 g/mol. The van der Waals surface area contributed by atoms with Gasteiger partial charge in [-0.1, -0.05) is 34.6 Å². The van der Waals surface area contributed by atoms with E-state index in [1.54, 1.807) is 0 Å². The molecule has 3 unspecified atom stereocenters. The fourth-order valence-electron chi connectivity index (χ4n) is 6.23. The largest absolute Gasteiger partial charge is 0.378 e. The number of hydrogen-bond acceptors (Lipinski definition) is 4. The van der Waals surface area contributed by atoms with Crippen molar-refractivity contribution in [3.8, 4) is 0 Å². The highest BCUT2D eigenvalue weighted by Crippen LogP contribution is 2.48. The van der Waals surface area contributed by atoms with Crippen LogP contribution in [0.25, 0.3) is 0 Å². The van der Waals surface area contributed by atoms with Crippen molar-refractivity contribution in [2.24, 2.45) is 28.1 Å². The Hall–Kier alpha value is -0.160. The van der Waals surface area contributed by atoms with Gasteiger partial charge in [0, 0.05) is 12.6 Å². The van der Waals surface area contributed by atoms with Gasteiger partial charge in [-0.15, -0.1) is 0 Å². The molecule has 3 heterocycles. The van der Waals surface area contributed by atoms with Crippen LogP contribution in [0.3, 0.4) is 0 Å². The number of ether oxygens (including phenoxy) is 1. The van der Waals surface area contributed by atoms with Crippen molar-refractivity contribution < 1.29 is 4.74 Å². The first kappa shape index (κ1) is 24.5. The molecule has 0 spiro atoms. The first-order chi connectivity index (χ1) is 14.2. The lowest BCUT2D eigenvalue weighted by molar-refractivity contribution is 0.0158. The van der Waals surface area contributed by atoms with Crippen molar-refractivity contribution in [3.05, 3.63) is 0 Å². The average Bonchev–Trinajstić information content (AvgIpc) is 2.78. The third-order valence-corrected chi connectivity index (χ3v) is 9.27. The van der Waals surface area contributed by atoms with E-state index in [2.05, 4.69) is 50.6 Å². The summed E-state index contributed by atoms with van der Waals surface area (Å²) < 4.78 is 5.80. The summed E-state index contributed by atoms with van der Waals surface area (Å²) in [6.45, 7) is 20.2. The molecule has 0 radical (unpaired) electrons. The smallest absolute Gasteiger partial charge is 0.0625 e. The molecule has 3 N–H and O–H groups in total. The van der Waals surface area contributed by atoms with E-state index >= 15 is 0 Å². The Balaban J connectivity index is 1.64. The van der Waals surface area contributed by atoms with Crippen molar-refractivity contribution >= 4 is 0 Å². The van der Waals surface area contributed by atoms with E-state index in [1.807, 2.05) is 0 Å². The van der Waals surface area contributed by atoms with Crippen LogP contribution >= 0.6 is 0 Å². The summed E-state index contributed by atoms with van der Waals surface area (Å²) >= 11 is 0. The minimum absolute atomic E-state index is 0.289. The summed E-state index contributed by atoms with van der Waals surface area (Å²) in [4.78, 5) is 0. The number of hydrogen-bond donors (Lipinski definition) is 3. The zero-order valence-electron chi connectivity index (χ0n) is 20.7. The molecule has 0 bridgehead atoms. The Morgan fingerprint density at radius 3 is 2.03 bits per heavy atom. The maximum absolute atomic E-state index is 5.80. The molecule has 0 aromatic rings. The molecular weight excluding hydrogens is 370 g/mol. The quantitative estimate of drug-likeness (QED) is 0.509. The molecule has 3 fully saturated rings. The van der Waals surface area contributed by atoms with E-state index in [0.717, 1.165) is 31.6 Å². The molecule has 0 amide bonds. The molecule has 0 aliphatic carbocycles. The summed E-state index contributed by atoms with van der Waals surface area (Å²) in [6, 6.07) is 0.494. The second-order valence-electron chi connectivity index (χ2n) is 12.3. The molecule has 30 heavy (non-hydrogen) atoms.